The molecule has 2 aromatic carbocycles. The Kier molecular flexibility index (Phi) is 5.43. The molecular weight excluding hydrogens is 480 g/mol. The van der Waals surface area contributed by atoms with Crippen LogP contribution in [0.1, 0.15) is 39.9 Å². The van der Waals surface area contributed by atoms with E-state index in [4.69, 9.17) is 18.9 Å². The minimum Gasteiger partial charge on any atom is -0.504 e. The van der Waals surface area contributed by atoms with Crippen LogP contribution in [-0.4, -0.2) is 77.3 Å². The normalized spacial score (nSPS) is 25.3. The van der Waals surface area contributed by atoms with Gasteiger partial charge in [0.2, 0.25) is 18.4 Å². The highest BCUT2D eigenvalue weighted by Crippen LogP contribution is 2.57. The predicted molar refractivity (Wildman–Crippen MR) is 131 cm³/mol. The van der Waals surface area contributed by atoms with Gasteiger partial charge in [-0.3, -0.25) is 9.69 Å². The van der Waals surface area contributed by atoms with Crippen LogP contribution in [-0.2, 0) is 17.6 Å². The summed E-state index contributed by atoms with van der Waals surface area (Å²) >= 11 is 0. The number of piperazine rings is 1. The van der Waals surface area contributed by atoms with E-state index in [1.807, 2.05) is 18.9 Å². The highest BCUT2D eigenvalue weighted by molar-refractivity contribution is 5.86. The summed E-state index contributed by atoms with van der Waals surface area (Å²) in [5.41, 5.74) is 3.63. The smallest absolute Gasteiger partial charge is 0.241 e. The molecular formula is C27H30N2O8. The number of amides is 1. The lowest BCUT2D eigenvalue weighted by molar-refractivity contribution is -0.158. The Labute approximate surface area is 214 Å². The third-order valence-electron chi connectivity index (χ3n) is 8.20. The molecule has 10 heteroatoms. The number of fused-ring (bicyclic) bond motifs is 9. The van der Waals surface area contributed by atoms with Crippen molar-refractivity contribution in [2.75, 3.05) is 34.2 Å². The fourth-order valence-electron chi connectivity index (χ4n) is 6.73. The van der Waals surface area contributed by atoms with E-state index in [0.29, 0.717) is 46.8 Å². The van der Waals surface area contributed by atoms with Crippen LogP contribution in [0.25, 0.3) is 0 Å². The number of carbonyl (C=O) groups excluding carboxylic acids is 1. The van der Waals surface area contributed by atoms with Crippen LogP contribution in [0.4, 0.5) is 0 Å². The van der Waals surface area contributed by atoms with Gasteiger partial charge in [0, 0.05) is 22.3 Å². The highest BCUT2D eigenvalue weighted by atomic mass is 16.7. The summed E-state index contributed by atoms with van der Waals surface area (Å²) < 4.78 is 23.1. The molecule has 1 saturated heterocycles. The molecule has 0 radical (unpaired) electrons. The van der Waals surface area contributed by atoms with Crippen molar-refractivity contribution in [2.24, 2.45) is 0 Å². The van der Waals surface area contributed by atoms with Gasteiger partial charge in [-0.1, -0.05) is 12.7 Å². The first-order valence-electron chi connectivity index (χ1n) is 12.3. The van der Waals surface area contributed by atoms with E-state index in [1.54, 1.807) is 17.0 Å². The molecule has 4 aliphatic rings. The summed E-state index contributed by atoms with van der Waals surface area (Å²) in [6, 6.07) is -0.497. The summed E-state index contributed by atoms with van der Waals surface area (Å²) in [5.74, 6) is 1.27. The molecule has 4 atom stereocenters. The predicted octanol–water partition coefficient (Wildman–Crippen LogP) is 2.11. The number of ether oxygens (including phenoxy) is 4. The lowest BCUT2D eigenvalue weighted by atomic mass is 9.74. The number of aromatic hydroxyl groups is 2. The van der Waals surface area contributed by atoms with Gasteiger partial charge < -0.3 is 39.2 Å². The number of phenols is 2. The number of aliphatic hydroxyl groups is 1. The molecule has 4 aliphatic heterocycles. The first kappa shape index (κ1) is 23.7. The van der Waals surface area contributed by atoms with E-state index in [1.165, 1.54) is 7.11 Å². The number of methoxy groups -OCH3 is 1. The van der Waals surface area contributed by atoms with Crippen molar-refractivity contribution in [3.8, 4) is 34.5 Å². The molecule has 2 aromatic rings. The lowest BCUT2D eigenvalue weighted by Gasteiger charge is -2.57. The first-order chi connectivity index (χ1) is 17.8. The molecule has 6 rings (SSSR count). The van der Waals surface area contributed by atoms with Crippen molar-refractivity contribution in [3.05, 3.63) is 46.5 Å². The van der Waals surface area contributed by atoms with Crippen molar-refractivity contribution < 1.29 is 39.1 Å². The maximum Gasteiger partial charge on any atom is 0.241 e. The summed E-state index contributed by atoms with van der Waals surface area (Å²) in [6.07, 6.45) is 2.36. The average molecular weight is 511 g/mol. The SMILES string of the molecule is C=CCOc1c(C)c2c(c3c1C[C@H]1[C@H]4c5c(cc(O)c(OC)c5O)C[C@@H](C(=O)N1[C@H]3CO)N4C)OCO2. The summed E-state index contributed by atoms with van der Waals surface area (Å²) in [5, 5.41) is 32.4. The van der Waals surface area contributed by atoms with Crippen molar-refractivity contribution in [1.29, 1.82) is 0 Å². The standard InChI is InChI=1S/C27H30N2O8/c1-5-6-35-23-12(2)24-26(37-11-36-24)20-14(23)9-15-21-19-13(8-18(31)25(34-4)22(19)32)7-16(28(21)3)27(33)29(15)17(20)10-30/h5,8,15-17,21,30-32H,1,6-7,9-11H2,2-4H3/t15-,16-,17-,21-/m0/s1. The molecule has 196 valence electrons. The van der Waals surface area contributed by atoms with Crippen LogP contribution in [0.15, 0.2) is 18.7 Å². The zero-order chi connectivity index (χ0) is 26.2. The molecule has 3 N–H and O–H groups in total. The third kappa shape index (κ3) is 3.09. The Bertz CT molecular complexity index is 1320. The molecule has 4 heterocycles. The third-order valence-corrected chi connectivity index (χ3v) is 8.20. The Balaban J connectivity index is 1.59. The fourth-order valence-corrected chi connectivity index (χ4v) is 6.73. The zero-order valence-electron chi connectivity index (χ0n) is 21.0. The van der Waals surface area contributed by atoms with Gasteiger partial charge in [-0.25, -0.2) is 0 Å². The number of nitrogens with zero attached hydrogens (tertiary/aromatic N) is 2. The second-order valence-electron chi connectivity index (χ2n) is 9.91. The summed E-state index contributed by atoms with van der Waals surface area (Å²) in [7, 11) is 3.26. The highest BCUT2D eigenvalue weighted by Gasteiger charge is 2.56. The Morgan fingerprint density at radius 2 is 1.95 bits per heavy atom. The van der Waals surface area contributed by atoms with Crippen molar-refractivity contribution >= 4 is 5.91 Å². The molecule has 1 amide bonds. The van der Waals surface area contributed by atoms with E-state index >= 15 is 0 Å². The maximum atomic E-state index is 14.0. The fraction of sp³-hybridized carbons (Fsp3) is 0.444. The van der Waals surface area contributed by atoms with Crippen molar-refractivity contribution in [2.45, 2.75) is 43.9 Å². The van der Waals surface area contributed by atoms with E-state index in [-0.39, 0.29) is 43.2 Å². The van der Waals surface area contributed by atoms with Gasteiger partial charge in [0.05, 0.1) is 37.9 Å². The molecule has 2 bridgehead atoms. The minimum atomic E-state index is -0.690. The number of phenolic OH excluding ortho intramolecular Hbond substituents is 2. The van der Waals surface area contributed by atoms with Crippen LogP contribution < -0.4 is 18.9 Å². The molecule has 37 heavy (non-hydrogen) atoms. The maximum absolute atomic E-state index is 14.0. The number of aliphatic hydroxyl groups excluding tert-OH is 1. The van der Waals surface area contributed by atoms with Gasteiger partial charge in [0.15, 0.2) is 23.0 Å². The van der Waals surface area contributed by atoms with Crippen LogP contribution in [0.5, 0.6) is 34.5 Å². The summed E-state index contributed by atoms with van der Waals surface area (Å²) in [6.45, 7) is 5.66. The number of hydrogen-bond acceptors (Lipinski definition) is 9. The lowest BCUT2D eigenvalue weighted by Crippen LogP contribution is -2.66. The number of likely N-dealkylation sites (N-methyl/N-ethyl adjacent to an activating group) is 1. The van der Waals surface area contributed by atoms with Crippen LogP contribution in [0.3, 0.4) is 0 Å². The van der Waals surface area contributed by atoms with E-state index in [0.717, 1.165) is 11.1 Å². The summed E-state index contributed by atoms with van der Waals surface area (Å²) in [4.78, 5) is 17.7. The Hall–Kier alpha value is -3.63. The van der Waals surface area contributed by atoms with E-state index in [2.05, 4.69) is 6.58 Å². The van der Waals surface area contributed by atoms with Gasteiger partial charge >= 0.3 is 0 Å². The van der Waals surface area contributed by atoms with E-state index < -0.39 is 24.2 Å². The van der Waals surface area contributed by atoms with Crippen LogP contribution >= 0.6 is 0 Å². The molecule has 0 aromatic heterocycles. The van der Waals surface area contributed by atoms with Crippen LogP contribution in [0, 0.1) is 6.92 Å². The molecule has 0 unspecified atom stereocenters. The number of benzene rings is 2. The second kappa shape index (κ2) is 8.46. The van der Waals surface area contributed by atoms with E-state index in [9.17, 15) is 20.1 Å². The molecule has 0 spiro atoms. The quantitative estimate of drug-likeness (QED) is 0.519. The Morgan fingerprint density at radius 1 is 1.19 bits per heavy atom. The Morgan fingerprint density at radius 3 is 2.65 bits per heavy atom. The minimum absolute atomic E-state index is 0.00168. The number of hydrogen-bond donors (Lipinski definition) is 3. The monoisotopic (exact) mass is 510 g/mol. The van der Waals surface area contributed by atoms with Crippen LogP contribution in [0.2, 0.25) is 0 Å². The molecule has 1 fully saturated rings. The van der Waals surface area contributed by atoms with Crippen molar-refractivity contribution in [3.63, 3.8) is 0 Å². The zero-order valence-corrected chi connectivity index (χ0v) is 21.0. The van der Waals surface area contributed by atoms with Gasteiger partial charge in [-0.15, -0.1) is 0 Å². The largest absolute Gasteiger partial charge is 0.504 e. The molecule has 0 saturated carbocycles. The number of carbonyl (C=O) groups is 1. The van der Waals surface area contributed by atoms with Gasteiger partial charge in [0.1, 0.15) is 12.4 Å². The number of rotatable bonds is 5. The first-order valence-corrected chi connectivity index (χ1v) is 12.3. The molecule has 10 nitrogen and oxygen atoms in total. The van der Waals surface area contributed by atoms with Gasteiger partial charge in [0.25, 0.3) is 0 Å². The van der Waals surface area contributed by atoms with Gasteiger partial charge in [-0.05, 0) is 38.4 Å². The second-order valence-corrected chi connectivity index (χ2v) is 9.91. The van der Waals surface area contributed by atoms with Gasteiger partial charge in [-0.2, -0.15) is 0 Å². The average Bonchev–Trinajstić information content (AvgIpc) is 3.37. The van der Waals surface area contributed by atoms with Crippen molar-refractivity contribution in [1.82, 2.24) is 9.80 Å². The topological polar surface area (TPSA) is 121 Å². The molecule has 0 aliphatic carbocycles.